The SMILES string of the molecule is Cc1ccc(CCCN2CCN(c3ccc(Cl)c(Cl)c3)C2=O)cc1. The van der Waals surface area contributed by atoms with E-state index in [-0.39, 0.29) is 6.03 Å². The minimum atomic E-state index is 0.0392. The zero-order valence-electron chi connectivity index (χ0n) is 13.6. The van der Waals surface area contributed by atoms with Crippen molar-refractivity contribution in [1.29, 1.82) is 0 Å². The lowest BCUT2D eigenvalue weighted by Gasteiger charge is -2.19. The highest BCUT2D eigenvalue weighted by Crippen LogP contribution is 2.29. The molecule has 0 atom stereocenters. The molecule has 1 saturated heterocycles. The normalized spacial score (nSPS) is 14.5. The summed E-state index contributed by atoms with van der Waals surface area (Å²) < 4.78 is 0. The lowest BCUT2D eigenvalue weighted by Crippen LogP contribution is -2.32. The highest BCUT2D eigenvalue weighted by atomic mass is 35.5. The molecule has 0 saturated carbocycles. The molecule has 0 N–H and O–H groups in total. The van der Waals surface area contributed by atoms with E-state index in [1.54, 1.807) is 17.0 Å². The van der Waals surface area contributed by atoms with Crippen LogP contribution in [-0.2, 0) is 6.42 Å². The van der Waals surface area contributed by atoms with Gasteiger partial charge in [-0.05, 0) is 43.5 Å². The number of anilines is 1. The fourth-order valence-corrected chi connectivity index (χ4v) is 3.20. The number of halogens is 2. The average Bonchev–Trinajstić information content (AvgIpc) is 2.93. The molecule has 3 rings (SSSR count). The maximum absolute atomic E-state index is 12.6. The molecular formula is C19H20Cl2N2O. The monoisotopic (exact) mass is 362 g/mol. The van der Waals surface area contributed by atoms with Crippen molar-refractivity contribution in [3.63, 3.8) is 0 Å². The summed E-state index contributed by atoms with van der Waals surface area (Å²) >= 11 is 12.0. The minimum Gasteiger partial charge on any atom is -0.323 e. The van der Waals surface area contributed by atoms with Gasteiger partial charge in [0, 0.05) is 25.3 Å². The Labute approximate surface area is 152 Å². The van der Waals surface area contributed by atoms with Gasteiger partial charge in [-0.25, -0.2) is 4.79 Å². The largest absolute Gasteiger partial charge is 0.324 e. The first-order chi connectivity index (χ1) is 11.5. The molecule has 0 aliphatic carbocycles. The van der Waals surface area contributed by atoms with E-state index in [4.69, 9.17) is 23.2 Å². The van der Waals surface area contributed by atoms with E-state index in [0.717, 1.165) is 31.6 Å². The number of rotatable bonds is 5. The van der Waals surface area contributed by atoms with Gasteiger partial charge >= 0.3 is 6.03 Å². The van der Waals surface area contributed by atoms with Crippen LogP contribution in [0.4, 0.5) is 10.5 Å². The first-order valence-electron chi connectivity index (χ1n) is 8.11. The third-order valence-electron chi connectivity index (χ3n) is 4.32. The number of nitrogens with zero attached hydrogens (tertiary/aromatic N) is 2. The van der Waals surface area contributed by atoms with Crippen LogP contribution in [0.1, 0.15) is 17.5 Å². The van der Waals surface area contributed by atoms with Crippen molar-refractivity contribution < 1.29 is 4.79 Å². The molecular weight excluding hydrogens is 343 g/mol. The number of hydrogen-bond donors (Lipinski definition) is 0. The van der Waals surface area contributed by atoms with Crippen LogP contribution in [0, 0.1) is 6.92 Å². The van der Waals surface area contributed by atoms with Crippen molar-refractivity contribution in [2.24, 2.45) is 0 Å². The number of amides is 2. The number of benzene rings is 2. The standard InChI is InChI=1S/C19H20Cl2N2O/c1-14-4-6-15(7-5-14)3-2-10-22-11-12-23(19(22)24)16-8-9-17(20)18(21)13-16/h4-9,13H,2-3,10-12H2,1H3. The van der Waals surface area contributed by atoms with Crippen molar-refractivity contribution in [3.8, 4) is 0 Å². The van der Waals surface area contributed by atoms with Crippen molar-refractivity contribution in [2.75, 3.05) is 24.5 Å². The van der Waals surface area contributed by atoms with E-state index >= 15 is 0 Å². The Morgan fingerprint density at radius 2 is 1.75 bits per heavy atom. The molecule has 1 fully saturated rings. The first kappa shape index (κ1) is 17.1. The van der Waals surface area contributed by atoms with E-state index in [2.05, 4.69) is 31.2 Å². The molecule has 0 unspecified atom stereocenters. The van der Waals surface area contributed by atoms with Gasteiger partial charge in [-0.15, -0.1) is 0 Å². The summed E-state index contributed by atoms with van der Waals surface area (Å²) in [5.41, 5.74) is 3.38. The minimum absolute atomic E-state index is 0.0392. The van der Waals surface area contributed by atoms with Gasteiger partial charge in [0.05, 0.1) is 10.0 Å². The second-order valence-electron chi connectivity index (χ2n) is 6.11. The molecule has 1 aliphatic heterocycles. The van der Waals surface area contributed by atoms with Crippen molar-refractivity contribution >= 4 is 34.9 Å². The van der Waals surface area contributed by atoms with Crippen LogP contribution < -0.4 is 4.90 Å². The van der Waals surface area contributed by atoms with E-state index in [9.17, 15) is 4.79 Å². The molecule has 2 aromatic carbocycles. The first-order valence-corrected chi connectivity index (χ1v) is 8.87. The van der Waals surface area contributed by atoms with Gasteiger partial charge in [0.2, 0.25) is 0 Å². The predicted molar refractivity (Wildman–Crippen MR) is 100 cm³/mol. The molecule has 0 aromatic heterocycles. The molecule has 3 nitrogen and oxygen atoms in total. The molecule has 0 bridgehead atoms. The fourth-order valence-electron chi connectivity index (χ4n) is 2.91. The zero-order chi connectivity index (χ0) is 17.1. The molecule has 126 valence electrons. The maximum Gasteiger partial charge on any atom is 0.324 e. The Kier molecular flexibility index (Phi) is 5.32. The summed E-state index contributed by atoms with van der Waals surface area (Å²) in [6, 6.07) is 13.9. The van der Waals surface area contributed by atoms with Crippen molar-refractivity contribution in [1.82, 2.24) is 4.90 Å². The third-order valence-corrected chi connectivity index (χ3v) is 5.06. The van der Waals surface area contributed by atoms with Gasteiger partial charge in [-0.2, -0.15) is 0 Å². The Hall–Kier alpha value is -1.71. The molecule has 24 heavy (non-hydrogen) atoms. The average molecular weight is 363 g/mol. The maximum atomic E-state index is 12.6. The van der Waals surface area contributed by atoms with E-state index in [1.807, 2.05) is 11.0 Å². The summed E-state index contributed by atoms with van der Waals surface area (Å²) in [7, 11) is 0. The summed E-state index contributed by atoms with van der Waals surface area (Å²) in [4.78, 5) is 16.2. The summed E-state index contributed by atoms with van der Waals surface area (Å²) in [5, 5.41) is 0.974. The molecule has 2 amide bonds. The van der Waals surface area contributed by atoms with Crippen LogP contribution in [0.25, 0.3) is 0 Å². The van der Waals surface area contributed by atoms with Gasteiger partial charge < -0.3 is 4.90 Å². The molecule has 0 spiro atoms. The Morgan fingerprint density at radius 1 is 1.00 bits per heavy atom. The Balaban J connectivity index is 1.56. The molecule has 5 heteroatoms. The fraction of sp³-hybridized carbons (Fsp3) is 0.316. The molecule has 0 radical (unpaired) electrons. The van der Waals surface area contributed by atoms with Crippen LogP contribution in [0.15, 0.2) is 42.5 Å². The van der Waals surface area contributed by atoms with E-state index in [0.29, 0.717) is 16.6 Å². The molecule has 1 aliphatic rings. The zero-order valence-corrected chi connectivity index (χ0v) is 15.1. The summed E-state index contributed by atoms with van der Waals surface area (Å²) in [6.07, 6.45) is 1.95. The van der Waals surface area contributed by atoms with Gasteiger partial charge in [0.1, 0.15) is 0 Å². The topological polar surface area (TPSA) is 23.6 Å². The van der Waals surface area contributed by atoms with Crippen LogP contribution in [0.3, 0.4) is 0 Å². The number of carbonyl (C=O) groups is 1. The number of carbonyl (C=O) groups excluding carboxylic acids is 1. The van der Waals surface area contributed by atoms with Gasteiger partial charge in [-0.1, -0.05) is 53.0 Å². The summed E-state index contributed by atoms with van der Waals surface area (Å²) in [6.45, 7) is 4.28. The highest BCUT2D eigenvalue weighted by Gasteiger charge is 2.29. The van der Waals surface area contributed by atoms with Crippen LogP contribution in [0.2, 0.25) is 10.0 Å². The quantitative estimate of drug-likeness (QED) is 0.718. The van der Waals surface area contributed by atoms with Crippen molar-refractivity contribution in [2.45, 2.75) is 19.8 Å². The van der Waals surface area contributed by atoms with Crippen LogP contribution >= 0.6 is 23.2 Å². The van der Waals surface area contributed by atoms with Gasteiger partial charge in [-0.3, -0.25) is 4.90 Å². The Bertz CT molecular complexity index is 731. The molecule has 2 aromatic rings. The third kappa shape index (κ3) is 3.85. The van der Waals surface area contributed by atoms with Gasteiger partial charge in [0.25, 0.3) is 0 Å². The lowest BCUT2D eigenvalue weighted by molar-refractivity contribution is 0.220. The number of aryl methyl sites for hydroxylation is 2. The van der Waals surface area contributed by atoms with Gasteiger partial charge in [0.15, 0.2) is 0 Å². The van der Waals surface area contributed by atoms with Crippen LogP contribution in [-0.4, -0.2) is 30.6 Å². The van der Waals surface area contributed by atoms with E-state index in [1.165, 1.54) is 11.1 Å². The Morgan fingerprint density at radius 3 is 2.46 bits per heavy atom. The second-order valence-corrected chi connectivity index (χ2v) is 6.92. The lowest BCUT2D eigenvalue weighted by atomic mass is 10.1. The summed E-state index contributed by atoms with van der Waals surface area (Å²) in [5.74, 6) is 0. The van der Waals surface area contributed by atoms with Crippen molar-refractivity contribution in [3.05, 3.63) is 63.6 Å². The highest BCUT2D eigenvalue weighted by molar-refractivity contribution is 6.42. The molecule has 1 heterocycles. The number of hydrogen-bond acceptors (Lipinski definition) is 1. The number of urea groups is 1. The second kappa shape index (κ2) is 7.45. The predicted octanol–water partition coefficient (Wildman–Crippen LogP) is 5.18. The smallest absolute Gasteiger partial charge is 0.323 e. The van der Waals surface area contributed by atoms with E-state index < -0.39 is 0 Å². The van der Waals surface area contributed by atoms with Crippen LogP contribution in [0.5, 0.6) is 0 Å².